The van der Waals surface area contributed by atoms with Gasteiger partial charge in [0, 0.05) is 24.5 Å². The minimum atomic E-state index is -0.711. The number of nitrogens with zero attached hydrogens (tertiary/aromatic N) is 1. The molecule has 0 saturated heterocycles. The van der Waals surface area contributed by atoms with Gasteiger partial charge < -0.3 is 26.0 Å². The molecule has 0 spiro atoms. The minimum absolute atomic E-state index is 0.134. The van der Waals surface area contributed by atoms with Crippen molar-refractivity contribution in [1.82, 2.24) is 15.2 Å². The summed E-state index contributed by atoms with van der Waals surface area (Å²) in [6, 6.07) is 5.70. The topological polar surface area (TPSA) is 126 Å². The Balaban J connectivity index is 1.75. The first-order chi connectivity index (χ1) is 14.7. The van der Waals surface area contributed by atoms with Gasteiger partial charge in [-0.1, -0.05) is 26.7 Å². The molecule has 168 valence electrons. The van der Waals surface area contributed by atoms with E-state index in [1.165, 1.54) is 0 Å². The number of hydrogen-bond donors (Lipinski definition) is 4. The Morgan fingerprint density at radius 1 is 1.19 bits per heavy atom. The molecule has 1 aromatic carbocycles. The third-order valence-electron chi connectivity index (χ3n) is 6.05. The predicted octanol–water partition coefficient (Wildman–Crippen LogP) is 2.19. The molecular formula is C23H32N4O4. The second-order valence-electron chi connectivity index (χ2n) is 8.90. The first kappa shape index (κ1) is 22.7. The number of fused-ring (bicyclic) bond motifs is 1. The number of aromatic hydroxyl groups is 1. The first-order valence-electron chi connectivity index (χ1n) is 10.9. The average Bonchev–Trinajstić information content (AvgIpc) is 3.03. The number of carbonyl (C=O) groups is 3. The lowest BCUT2D eigenvalue weighted by atomic mass is 9.83. The van der Waals surface area contributed by atoms with Crippen LogP contribution in [0.4, 0.5) is 0 Å². The zero-order chi connectivity index (χ0) is 22.7. The molecule has 1 aromatic heterocycles. The zero-order valence-corrected chi connectivity index (χ0v) is 18.4. The van der Waals surface area contributed by atoms with Crippen molar-refractivity contribution in [2.75, 3.05) is 0 Å². The smallest absolute Gasteiger partial charge is 0.268 e. The zero-order valence-electron chi connectivity index (χ0n) is 18.4. The van der Waals surface area contributed by atoms with Gasteiger partial charge in [0.1, 0.15) is 17.5 Å². The number of benzene rings is 1. The van der Waals surface area contributed by atoms with Crippen molar-refractivity contribution in [3.8, 4) is 5.75 Å². The molecular weight excluding hydrogens is 396 g/mol. The Kier molecular flexibility index (Phi) is 6.87. The Hall–Kier alpha value is -3.03. The summed E-state index contributed by atoms with van der Waals surface area (Å²) in [6.45, 7) is 3.94. The highest BCUT2D eigenvalue weighted by molar-refractivity contribution is 5.99. The summed E-state index contributed by atoms with van der Waals surface area (Å²) in [5, 5.41) is 16.4. The molecule has 3 amide bonds. The van der Waals surface area contributed by atoms with Crippen LogP contribution in [-0.2, 0) is 16.6 Å². The van der Waals surface area contributed by atoms with Crippen LogP contribution < -0.4 is 16.4 Å². The predicted molar refractivity (Wildman–Crippen MR) is 118 cm³/mol. The van der Waals surface area contributed by atoms with Gasteiger partial charge in [0.05, 0.1) is 11.4 Å². The Morgan fingerprint density at radius 3 is 2.58 bits per heavy atom. The van der Waals surface area contributed by atoms with Crippen molar-refractivity contribution >= 4 is 28.6 Å². The summed E-state index contributed by atoms with van der Waals surface area (Å²) in [4.78, 5) is 37.8. The molecule has 1 saturated carbocycles. The molecule has 1 fully saturated rings. The monoisotopic (exact) mass is 428 g/mol. The van der Waals surface area contributed by atoms with Crippen LogP contribution in [0.1, 0.15) is 56.4 Å². The highest BCUT2D eigenvalue weighted by Crippen LogP contribution is 2.27. The molecule has 0 aliphatic heterocycles. The summed E-state index contributed by atoms with van der Waals surface area (Å²) < 4.78 is 1.73. The number of rotatable bonds is 7. The van der Waals surface area contributed by atoms with E-state index in [9.17, 15) is 19.5 Å². The number of carbonyl (C=O) groups excluding carboxylic acids is 3. The average molecular weight is 429 g/mol. The van der Waals surface area contributed by atoms with E-state index in [0.29, 0.717) is 25.0 Å². The van der Waals surface area contributed by atoms with Crippen LogP contribution in [0.15, 0.2) is 24.3 Å². The lowest BCUT2D eigenvalue weighted by Crippen LogP contribution is -2.53. The maximum atomic E-state index is 13.0. The van der Waals surface area contributed by atoms with Gasteiger partial charge >= 0.3 is 0 Å². The number of nitrogens with one attached hydrogen (secondary N) is 2. The Labute approximate surface area is 182 Å². The van der Waals surface area contributed by atoms with Gasteiger partial charge in [-0.3, -0.25) is 14.4 Å². The van der Waals surface area contributed by atoms with Crippen LogP contribution in [-0.4, -0.2) is 39.5 Å². The molecule has 5 N–H and O–H groups in total. The van der Waals surface area contributed by atoms with Crippen molar-refractivity contribution in [2.45, 2.75) is 58.0 Å². The summed E-state index contributed by atoms with van der Waals surface area (Å²) in [5.41, 5.74) is 6.68. The van der Waals surface area contributed by atoms with Gasteiger partial charge in [-0.15, -0.1) is 0 Å². The van der Waals surface area contributed by atoms with Gasteiger partial charge in [0.15, 0.2) is 0 Å². The molecule has 8 nitrogen and oxygen atoms in total. The fourth-order valence-electron chi connectivity index (χ4n) is 4.39. The maximum absolute atomic E-state index is 13.0. The third-order valence-corrected chi connectivity index (χ3v) is 6.05. The number of nitrogens with two attached hydrogens (primary N) is 1. The van der Waals surface area contributed by atoms with Gasteiger partial charge in [-0.2, -0.15) is 0 Å². The van der Waals surface area contributed by atoms with Crippen molar-refractivity contribution < 1.29 is 19.5 Å². The van der Waals surface area contributed by atoms with Crippen molar-refractivity contribution in [1.29, 1.82) is 0 Å². The highest BCUT2D eigenvalue weighted by atomic mass is 16.3. The molecule has 1 aliphatic rings. The number of aromatic nitrogens is 1. The molecule has 8 heteroatoms. The molecule has 0 bridgehead atoms. The second kappa shape index (κ2) is 9.41. The van der Waals surface area contributed by atoms with E-state index in [4.69, 9.17) is 5.73 Å². The number of aryl methyl sites for hydroxylation is 1. The fourth-order valence-corrected chi connectivity index (χ4v) is 4.39. The molecule has 3 rings (SSSR count). The SMILES string of the molecule is CC(C)C[C@H](NC(=O)[C@@H]1CCCC[C@@H]1NC(=O)c1cc2ccc(O)cc2n1C)C(N)=O. The van der Waals surface area contributed by atoms with E-state index in [1.807, 2.05) is 13.8 Å². The summed E-state index contributed by atoms with van der Waals surface area (Å²) in [6.07, 6.45) is 3.63. The molecule has 1 heterocycles. The number of phenolic OH excluding ortho intramolecular Hbond substituents is 1. The number of phenols is 1. The van der Waals surface area contributed by atoms with Crippen LogP contribution in [0.2, 0.25) is 0 Å². The van der Waals surface area contributed by atoms with Crippen LogP contribution in [0.5, 0.6) is 5.75 Å². The van der Waals surface area contributed by atoms with Gasteiger partial charge in [-0.25, -0.2) is 0 Å². The normalized spacial score (nSPS) is 19.9. The van der Waals surface area contributed by atoms with E-state index >= 15 is 0 Å². The van der Waals surface area contributed by atoms with Crippen LogP contribution in [0.25, 0.3) is 10.9 Å². The van der Waals surface area contributed by atoms with Crippen LogP contribution in [0.3, 0.4) is 0 Å². The van der Waals surface area contributed by atoms with Gasteiger partial charge in [0.25, 0.3) is 5.91 Å². The van der Waals surface area contributed by atoms with E-state index < -0.39 is 17.9 Å². The Morgan fingerprint density at radius 2 is 1.90 bits per heavy atom. The quantitative estimate of drug-likeness (QED) is 0.539. The third kappa shape index (κ3) is 5.18. The fraction of sp³-hybridized carbons (Fsp3) is 0.522. The lowest BCUT2D eigenvalue weighted by Gasteiger charge is -2.32. The Bertz CT molecular complexity index is 981. The van der Waals surface area contributed by atoms with Gasteiger partial charge in [0.2, 0.25) is 11.8 Å². The molecule has 0 unspecified atom stereocenters. The van der Waals surface area contributed by atoms with Gasteiger partial charge in [-0.05, 0) is 43.4 Å². The second-order valence-corrected chi connectivity index (χ2v) is 8.90. The molecule has 2 aromatic rings. The first-order valence-corrected chi connectivity index (χ1v) is 10.9. The number of hydrogen-bond acceptors (Lipinski definition) is 4. The lowest BCUT2D eigenvalue weighted by molar-refractivity contribution is -0.131. The van der Waals surface area contributed by atoms with Crippen molar-refractivity contribution in [2.24, 2.45) is 24.6 Å². The molecule has 0 radical (unpaired) electrons. The highest BCUT2D eigenvalue weighted by Gasteiger charge is 2.34. The maximum Gasteiger partial charge on any atom is 0.268 e. The standard InChI is InChI=1S/C23H32N4O4/c1-13(2)10-18(21(24)29)26-22(30)16-6-4-5-7-17(16)25-23(31)20-11-14-8-9-15(28)12-19(14)27(20)3/h8-9,11-13,16-18,28H,4-7,10H2,1-3H3,(H2,24,29)(H,25,31)(H,26,30)/t16-,17+,18+/m1/s1. The minimum Gasteiger partial charge on any atom is -0.508 e. The van der Waals surface area contributed by atoms with E-state index in [2.05, 4.69) is 10.6 Å². The molecule has 31 heavy (non-hydrogen) atoms. The van der Waals surface area contributed by atoms with Crippen LogP contribution >= 0.6 is 0 Å². The summed E-state index contributed by atoms with van der Waals surface area (Å²) >= 11 is 0. The van der Waals surface area contributed by atoms with Crippen LogP contribution in [0, 0.1) is 11.8 Å². The van der Waals surface area contributed by atoms with Crippen molar-refractivity contribution in [3.05, 3.63) is 30.0 Å². The number of amides is 3. The largest absolute Gasteiger partial charge is 0.508 e. The van der Waals surface area contributed by atoms with E-state index in [-0.39, 0.29) is 29.5 Å². The van der Waals surface area contributed by atoms with E-state index in [1.54, 1.807) is 35.9 Å². The summed E-state index contributed by atoms with van der Waals surface area (Å²) in [7, 11) is 1.77. The molecule has 1 aliphatic carbocycles. The van der Waals surface area contributed by atoms with E-state index in [0.717, 1.165) is 23.7 Å². The number of primary amides is 1. The molecule has 3 atom stereocenters. The van der Waals surface area contributed by atoms with Crippen molar-refractivity contribution in [3.63, 3.8) is 0 Å². The summed E-state index contributed by atoms with van der Waals surface area (Å²) in [5.74, 6) is -1.11.